The van der Waals surface area contributed by atoms with Crippen LogP contribution in [0.4, 0.5) is 0 Å². The molecule has 1 heteroatoms. The summed E-state index contributed by atoms with van der Waals surface area (Å²) in [6.07, 6.45) is 7.24. The lowest BCUT2D eigenvalue weighted by atomic mass is 9.99. The Labute approximate surface area is 82.0 Å². The molecule has 0 amide bonds. The maximum absolute atomic E-state index is 5.15. The first-order valence-electron chi connectivity index (χ1n) is 4.70. The first kappa shape index (κ1) is 12.0. The predicted molar refractivity (Wildman–Crippen MR) is 59.7 cm³/mol. The molecule has 0 saturated carbocycles. The number of rotatable bonds is 3. The van der Waals surface area contributed by atoms with E-state index in [-0.39, 0.29) is 0 Å². The van der Waals surface area contributed by atoms with Gasteiger partial charge in [-0.15, -0.1) is 0 Å². The highest BCUT2D eigenvalue weighted by Crippen LogP contribution is 2.10. The fourth-order valence-corrected chi connectivity index (χ4v) is 0.803. The Morgan fingerprint density at radius 2 is 1.77 bits per heavy atom. The molecule has 0 saturated heterocycles. The molecule has 0 aromatic rings. The van der Waals surface area contributed by atoms with Crippen molar-refractivity contribution in [2.45, 2.75) is 34.6 Å². The van der Waals surface area contributed by atoms with Crippen LogP contribution in [0.1, 0.15) is 34.6 Å². The summed E-state index contributed by atoms with van der Waals surface area (Å²) in [7, 11) is 0. The van der Waals surface area contributed by atoms with Crippen molar-refractivity contribution < 1.29 is 0 Å². The van der Waals surface area contributed by atoms with Gasteiger partial charge in [-0.25, -0.2) is 4.99 Å². The minimum atomic E-state index is 0.393. The maximum atomic E-state index is 5.15. The molecule has 0 unspecified atom stereocenters. The molecule has 0 aliphatic rings. The summed E-state index contributed by atoms with van der Waals surface area (Å²) in [5.74, 6) is 0.950. The first-order valence-corrected chi connectivity index (χ1v) is 4.70. The molecule has 72 valence electrons. The van der Waals surface area contributed by atoms with Crippen LogP contribution in [-0.2, 0) is 0 Å². The van der Waals surface area contributed by atoms with Crippen molar-refractivity contribution in [3.8, 4) is 12.5 Å². The smallest absolute Gasteiger partial charge is 0.0535 e. The Morgan fingerprint density at radius 3 is 2.08 bits per heavy atom. The fraction of sp³-hybridized carbons (Fsp3) is 0.583. The molecule has 0 radical (unpaired) electrons. The molecule has 0 aromatic heterocycles. The Balaban J connectivity index is 4.73. The minimum absolute atomic E-state index is 0.393. The monoisotopic (exact) mass is 177 g/mol. The van der Waals surface area contributed by atoms with Crippen molar-refractivity contribution in [2.75, 3.05) is 0 Å². The number of nitrogens with zero attached hydrogens (tertiary/aromatic N) is 1. The molecule has 0 rings (SSSR count). The summed E-state index contributed by atoms with van der Waals surface area (Å²) in [6, 6.07) is 2.34. The number of terminal acetylenes is 1. The van der Waals surface area contributed by atoms with Crippen LogP contribution in [0.25, 0.3) is 0 Å². The van der Waals surface area contributed by atoms with Gasteiger partial charge in [0.2, 0.25) is 0 Å². The molecule has 0 heterocycles. The fourth-order valence-electron chi connectivity index (χ4n) is 0.803. The average Bonchev–Trinajstić information content (AvgIpc) is 2.03. The number of aliphatic imine (C=N–C) groups is 1. The van der Waals surface area contributed by atoms with Crippen molar-refractivity contribution in [1.29, 1.82) is 0 Å². The molecule has 1 nitrogen and oxygen atoms in total. The van der Waals surface area contributed by atoms with E-state index in [1.165, 1.54) is 5.57 Å². The van der Waals surface area contributed by atoms with Crippen LogP contribution in [0.5, 0.6) is 0 Å². The van der Waals surface area contributed by atoms with Crippen molar-refractivity contribution >= 4 is 5.71 Å². The number of hydrogen-bond acceptors (Lipinski definition) is 1. The third kappa shape index (κ3) is 4.52. The van der Waals surface area contributed by atoms with Crippen LogP contribution in [0.15, 0.2) is 16.6 Å². The average molecular weight is 177 g/mol. The zero-order valence-electron chi connectivity index (χ0n) is 9.26. The molecule has 0 N–H and O–H groups in total. The van der Waals surface area contributed by atoms with Crippen molar-refractivity contribution in [1.82, 2.24) is 0 Å². The molecule has 0 atom stereocenters. The Hall–Kier alpha value is -1.03. The van der Waals surface area contributed by atoms with Gasteiger partial charge in [-0.2, -0.15) is 0 Å². The van der Waals surface area contributed by atoms with E-state index in [2.05, 4.69) is 51.7 Å². The quantitative estimate of drug-likeness (QED) is 0.463. The zero-order valence-corrected chi connectivity index (χ0v) is 9.26. The van der Waals surface area contributed by atoms with E-state index < -0.39 is 0 Å². The van der Waals surface area contributed by atoms with Gasteiger partial charge in [0.05, 0.1) is 5.71 Å². The largest absolute Gasteiger partial charge is 0.202 e. The molecular weight excluding hydrogens is 158 g/mol. The van der Waals surface area contributed by atoms with Crippen LogP contribution in [0.3, 0.4) is 0 Å². The summed E-state index contributed by atoms with van der Waals surface area (Å²) in [5.41, 5.74) is 2.32. The van der Waals surface area contributed by atoms with E-state index in [1.54, 1.807) is 0 Å². The molecule has 0 aliphatic heterocycles. The minimum Gasteiger partial charge on any atom is -0.202 e. The van der Waals surface area contributed by atoms with Gasteiger partial charge < -0.3 is 0 Å². The van der Waals surface area contributed by atoms with Gasteiger partial charge in [0, 0.05) is 6.04 Å². The van der Waals surface area contributed by atoms with E-state index in [4.69, 9.17) is 6.42 Å². The number of hydrogen-bond donors (Lipinski definition) is 0. The highest BCUT2D eigenvalue weighted by atomic mass is 14.7. The number of allylic oxidation sites excluding steroid dienone is 2. The van der Waals surface area contributed by atoms with Gasteiger partial charge in [0.25, 0.3) is 0 Å². The molecule has 0 spiro atoms. The topological polar surface area (TPSA) is 12.4 Å². The van der Waals surface area contributed by atoms with E-state index in [9.17, 15) is 0 Å². The summed E-state index contributed by atoms with van der Waals surface area (Å²) in [5, 5.41) is 0. The summed E-state index contributed by atoms with van der Waals surface area (Å²) in [6.45, 7) is 10.6. The molecule has 13 heavy (non-hydrogen) atoms. The molecular formula is C12H19N. The van der Waals surface area contributed by atoms with E-state index in [1.807, 2.05) is 0 Å². The van der Waals surface area contributed by atoms with Crippen LogP contribution < -0.4 is 0 Å². The van der Waals surface area contributed by atoms with Crippen molar-refractivity contribution in [3.63, 3.8) is 0 Å². The lowest BCUT2D eigenvalue weighted by molar-refractivity contribution is 0.768. The lowest BCUT2D eigenvalue weighted by Gasteiger charge is -2.08. The third-order valence-corrected chi connectivity index (χ3v) is 2.07. The van der Waals surface area contributed by atoms with Crippen LogP contribution in [0, 0.1) is 24.3 Å². The summed E-state index contributed by atoms with van der Waals surface area (Å²) in [4.78, 5) is 4.01. The van der Waals surface area contributed by atoms with Gasteiger partial charge in [0.1, 0.15) is 0 Å². The molecule has 0 fully saturated rings. The second kappa shape index (κ2) is 5.59. The third-order valence-electron chi connectivity index (χ3n) is 2.07. The van der Waals surface area contributed by atoms with Crippen LogP contribution in [0.2, 0.25) is 0 Å². The van der Waals surface area contributed by atoms with Gasteiger partial charge in [-0.1, -0.05) is 39.7 Å². The highest BCUT2D eigenvalue weighted by molar-refractivity contribution is 5.97. The Bertz CT molecular complexity index is 249. The van der Waals surface area contributed by atoms with E-state index in [0.29, 0.717) is 11.8 Å². The van der Waals surface area contributed by atoms with Crippen molar-refractivity contribution in [2.24, 2.45) is 16.8 Å². The second-order valence-electron chi connectivity index (χ2n) is 3.86. The lowest BCUT2D eigenvalue weighted by Crippen LogP contribution is -2.05. The van der Waals surface area contributed by atoms with Crippen LogP contribution in [-0.4, -0.2) is 5.71 Å². The first-order chi connectivity index (χ1) is 5.99. The van der Waals surface area contributed by atoms with Gasteiger partial charge in [0.15, 0.2) is 0 Å². The Kier molecular flexibility index (Phi) is 5.14. The predicted octanol–water partition coefficient (Wildman–Crippen LogP) is 3.28. The van der Waals surface area contributed by atoms with Gasteiger partial charge in [-0.3, -0.25) is 0 Å². The maximum Gasteiger partial charge on any atom is 0.0535 e. The van der Waals surface area contributed by atoms with Crippen LogP contribution >= 0.6 is 0 Å². The standard InChI is InChI=1S/C12H19N/c1-7-13-12(10(4)5)8-11(6)9(2)3/h1,8-10H,2-6H3/b11-8+,13-12+. The molecule has 0 aliphatic carbocycles. The Morgan fingerprint density at radius 1 is 1.23 bits per heavy atom. The molecule has 0 bridgehead atoms. The summed E-state index contributed by atoms with van der Waals surface area (Å²) < 4.78 is 0. The highest BCUT2D eigenvalue weighted by Gasteiger charge is 2.03. The SMILES string of the molecule is C#C/N=C(\C=C(/C)C(C)C)C(C)C. The van der Waals surface area contributed by atoms with E-state index >= 15 is 0 Å². The van der Waals surface area contributed by atoms with Crippen molar-refractivity contribution in [3.05, 3.63) is 11.6 Å². The van der Waals surface area contributed by atoms with Gasteiger partial charge in [-0.05, 0) is 24.8 Å². The van der Waals surface area contributed by atoms with Gasteiger partial charge >= 0.3 is 0 Å². The molecule has 0 aromatic carbocycles. The second-order valence-corrected chi connectivity index (χ2v) is 3.86. The normalized spacial score (nSPS) is 13.7. The summed E-state index contributed by atoms with van der Waals surface area (Å²) >= 11 is 0. The van der Waals surface area contributed by atoms with E-state index in [0.717, 1.165) is 5.71 Å². The zero-order chi connectivity index (χ0) is 10.4.